The summed E-state index contributed by atoms with van der Waals surface area (Å²) in [5.74, 6) is 0. The summed E-state index contributed by atoms with van der Waals surface area (Å²) in [5.41, 5.74) is 3.18. The first kappa shape index (κ1) is 8.00. The first-order valence-electron chi connectivity index (χ1n) is 4.76. The molecule has 1 atom stereocenters. The number of rotatable bonds is 0. The number of nitrogens with zero attached hydrogens (tertiary/aromatic N) is 1. The van der Waals surface area contributed by atoms with Crippen LogP contribution in [0.15, 0.2) is 4.60 Å². The summed E-state index contributed by atoms with van der Waals surface area (Å²) in [6.07, 6.45) is 3.70. The minimum Gasteiger partial charge on any atom is -0.316 e. The van der Waals surface area contributed by atoms with Crippen molar-refractivity contribution in [1.29, 1.82) is 0 Å². The fraction of sp³-hybridized carbons (Fsp3) is 0.667. The van der Waals surface area contributed by atoms with Gasteiger partial charge in [0.25, 0.3) is 0 Å². The van der Waals surface area contributed by atoms with Gasteiger partial charge in [-0.05, 0) is 41.7 Å². The molecule has 4 heteroatoms. The van der Waals surface area contributed by atoms with E-state index in [1.165, 1.54) is 24.1 Å². The van der Waals surface area contributed by atoms with Crippen molar-refractivity contribution in [3.63, 3.8) is 0 Å². The third-order valence-corrected chi connectivity index (χ3v) is 4.00. The Morgan fingerprint density at radius 1 is 1.38 bits per heavy atom. The van der Waals surface area contributed by atoms with Gasteiger partial charge in [0.15, 0.2) is 0 Å². The Hall–Kier alpha value is -0.350. The van der Waals surface area contributed by atoms with Gasteiger partial charge in [-0.25, -0.2) is 0 Å². The Morgan fingerprint density at radius 3 is 3.08 bits per heavy atom. The smallest absolute Gasteiger partial charge is 0.131 e. The normalized spacial score (nSPS) is 31.5. The van der Waals surface area contributed by atoms with Crippen LogP contribution in [0.3, 0.4) is 0 Å². The molecule has 1 fully saturated rings. The molecule has 70 valence electrons. The van der Waals surface area contributed by atoms with E-state index in [1.54, 1.807) is 0 Å². The van der Waals surface area contributed by atoms with E-state index in [9.17, 15) is 0 Å². The van der Waals surface area contributed by atoms with E-state index in [1.807, 2.05) is 0 Å². The van der Waals surface area contributed by atoms with Gasteiger partial charge < -0.3 is 5.32 Å². The third-order valence-electron chi connectivity index (χ3n) is 3.42. The predicted molar refractivity (Wildman–Crippen MR) is 53.8 cm³/mol. The van der Waals surface area contributed by atoms with Crippen LogP contribution < -0.4 is 5.32 Å². The Labute approximate surface area is 85.4 Å². The quantitative estimate of drug-likeness (QED) is 0.721. The Kier molecular flexibility index (Phi) is 1.58. The van der Waals surface area contributed by atoms with Gasteiger partial charge in [-0.2, -0.15) is 5.10 Å². The molecule has 1 spiro atoms. The lowest BCUT2D eigenvalue weighted by molar-refractivity contribution is 0.464. The molecule has 3 nitrogen and oxygen atoms in total. The Bertz CT molecular complexity index is 339. The molecular formula is C9H12BrN3. The van der Waals surface area contributed by atoms with Crippen molar-refractivity contribution < 1.29 is 0 Å². The highest BCUT2D eigenvalue weighted by Crippen LogP contribution is 2.45. The molecule has 1 aromatic heterocycles. The van der Waals surface area contributed by atoms with Crippen molar-refractivity contribution in [2.45, 2.75) is 24.7 Å². The van der Waals surface area contributed by atoms with E-state index in [-0.39, 0.29) is 0 Å². The van der Waals surface area contributed by atoms with E-state index in [2.05, 4.69) is 31.4 Å². The summed E-state index contributed by atoms with van der Waals surface area (Å²) in [6.45, 7) is 2.27. The van der Waals surface area contributed by atoms with Crippen molar-refractivity contribution in [1.82, 2.24) is 15.5 Å². The zero-order valence-corrected chi connectivity index (χ0v) is 8.95. The highest BCUT2D eigenvalue weighted by atomic mass is 79.9. The van der Waals surface area contributed by atoms with Crippen LogP contribution in [0.1, 0.15) is 24.1 Å². The lowest BCUT2D eigenvalue weighted by Gasteiger charge is -2.21. The number of fused-ring (bicyclic) bond motifs is 2. The van der Waals surface area contributed by atoms with Crippen LogP contribution in [0.4, 0.5) is 0 Å². The number of hydrogen-bond donors (Lipinski definition) is 2. The molecule has 2 aliphatic rings. The molecular weight excluding hydrogens is 230 g/mol. The van der Waals surface area contributed by atoms with E-state index < -0.39 is 0 Å². The molecule has 0 bridgehead atoms. The fourth-order valence-corrected chi connectivity index (χ4v) is 3.48. The van der Waals surface area contributed by atoms with Gasteiger partial charge in [0.05, 0.1) is 0 Å². The number of aryl methyl sites for hydroxylation is 1. The number of aromatic amines is 1. The van der Waals surface area contributed by atoms with E-state index >= 15 is 0 Å². The van der Waals surface area contributed by atoms with E-state index in [0.717, 1.165) is 24.1 Å². The number of halogens is 1. The van der Waals surface area contributed by atoms with Crippen molar-refractivity contribution in [3.8, 4) is 0 Å². The van der Waals surface area contributed by atoms with Gasteiger partial charge in [0, 0.05) is 23.2 Å². The standard InChI is InChI=1S/C9H12BrN3/c10-8-7-6(12-13-8)1-2-9(7)3-4-11-5-9/h11H,1-5H2,(H,12,13). The van der Waals surface area contributed by atoms with Gasteiger partial charge >= 0.3 is 0 Å². The van der Waals surface area contributed by atoms with Crippen LogP contribution in [0.25, 0.3) is 0 Å². The minimum atomic E-state index is 0.390. The number of aromatic nitrogens is 2. The van der Waals surface area contributed by atoms with Crippen molar-refractivity contribution in [2.75, 3.05) is 13.1 Å². The largest absolute Gasteiger partial charge is 0.316 e. The molecule has 1 saturated heterocycles. The average Bonchev–Trinajstić information content (AvgIpc) is 2.76. The Morgan fingerprint density at radius 2 is 2.31 bits per heavy atom. The second-order valence-corrected chi connectivity index (χ2v) is 4.83. The van der Waals surface area contributed by atoms with E-state index in [4.69, 9.17) is 0 Å². The van der Waals surface area contributed by atoms with Crippen LogP contribution >= 0.6 is 15.9 Å². The molecule has 1 unspecified atom stereocenters. The van der Waals surface area contributed by atoms with Crippen molar-refractivity contribution in [2.24, 2.45) is 0 Å². The highest BCUT2D eigenvalue weighted by molar-refractivity contribution is 9.10. The van der Waals surface area contributed by atoms with Crippen molar-refractivity contribution >= 4 is 15.9 Å². The summed E-state index contributed by atoms with van der Waals surface area (Å²) in [4.78, 5) is 0. The molecule has 3 rings (SSSR count). The molecule has 1 aliphatic carbocycles. The molecule has 0 saturated carbocycles. The van der Waals surface area contributed by atoms with Gasteiger partial charge in [0.1, 0.15) is 4.60 Å². The summed E-state index contributed by atoms with van der Waals surface area (Å²) in [6, 6.07) is 0. The zero-order valence-electron chi connectivity index (χ0n) is 7.36. The lowest BCUT2D eigenvalue weighted by atomic mass is 9.82. The molecule has 1 aliphatic heterocycles. The van der Waals surface area contributed by atoms with Crippen LogP contribution in [-0.4, -0.2) is 23.3 Å². The zero-order chi connectivity index (χ0) is 8.89. The maximum absolute atomic E-state index is 4.22. The summed E-state index contributed by atoms with van der Waals surface area (Å²) in [5, 5.41) is 10.8. The second-order valence-electron chi connectivity index (χ2n) is 4.08. The van der Waals surface area contributed by atoms with Crippen molar-refractivity contribution in [3.05, 3.63) is 15.9 Å². The second kappa shape index (κ2) is 2.58. The van der Waals surface area contributed by atoms with Gasteiger partial charge in [-0.1, -0.05) is 0 Å². The maximum atomic E-state index is 4.22. The molecule has 1 aromatic rings. The topological polar surface area (TPSA) is 40.7 Å². The summed E-state index contributed by atoms with van der Waals surface area (Å²) in [7, 11) is 0. The monoisotopic (exact) mass is 241 g/mol. The Balaban J connectivity index is 2.14. The third kappa shape index (κ3) is 0.958. The fourth-order valence-electron chi connectivity index (χ4n) is 2.73. The van der Waals surface area contributed by atoms with Gasteiger partial charge in [-0.3, -0.25) is 5.10 Å². The van der Waals surface area contributed by atoms with Gasteiger partial charge in [-0.15, -0.1) is 0 Å². The first-order valence-corrected chi connectivity index (χ1v) is 5.55. The molecule has 2 N–H and O–H groups in total. The lowest BCUT2D eigenvalue weighted by Crippen LogP contribution is -2.25. The molecule has 0 amide bonds. The number of H-pyrrole nitrogens is 1. The predicted octanol–water partition coefficient (Wildman–Crippen LogP) is 1.35. The molecule has 0 radical (unpaired) electrons. The van der Waals surface area contributed by atoms with E-state index in [0.29, 0.717) is 5.41 Å². The minimum absolute atomic E-state index is 0.390. The number of nitrogens with one attached hydrogen (secondary N) is 2. The van der Waals surface area contributed by atoms with Crippen LogP contribution in [0, 0.1) is 0 Å². The first-order chi connectivity index (χ1) is 6.32. The highest BCUT2D eigenvalue weighted by Gasteiger charge is 2.43. The average molecular weight is 242 g/mol. The van der Waals surface area contributed by atoms with Gasteiger partial charge in [0.2, 0.25) is 0 Å². The van der Waals surface area contributed by atoms with Crippen LogP contribution in [-0.2, 0) is 11.8 Å². The molecule has 13 heavy (non-hydrogen) atoms. The van der Waals surface area contributed by atoms with Crippen LogP contribution in [0.2, 0.25) is 0 Å². The van der Waals surface area contributed by atoms with Crippen LogP contribution in [0.5, 0.6) is 0 Å². The summed E-state index contributed by atoms with van der Waals surface area (Å²) < 4.78 is 1.03. The SMILES string of the molecule is Brc1n[nH]c2c1C1(CCNC1)CC2. The molecule has 0 aromatic carbocycles. The summed E-state index contributed by atoms with van der Waals surface area (Å²) >= 11 is 3.53. The molecule has 2 heterocycles. The number of hydrogen-bond acceptors (Lipinski definition) is 2. The maximum Gasteiger partial charge on any atom is 0.131 e.